The zero-order valence-electron chi connectivity index (χ0n) is 10.8. The van der Waals surface area contributed by atoms with Crippen molar-refractivity contribution >= 4 is 23.2 Å². The highest BCUT2D eigenvalue weighted by Crippen LogP contribution is 2.23. The molecule has 1 aromatic rings. The van der Waals surface area contributed by atoms with Crippen molar-refractivity contribution in [2.45, 2.75) is 18.9 Å². The van der Waals surface area contributed by atoms with Crippen LogP contribution in [0.25, 0.3) is 0 Å². The molecule has 0 saturated heterocycles. The number of likely N-dealkylation sites (N-methyl/N-ethyl adjacent to an activating group) is 1. The second-order valence-electron chi connectivity index (χ2n) is 4.84. The molecule has 0 bridgehead atoms. The van der Waals surface area contributed by atoms with Crippen LogP contribution >= 0.6 is 0 Å². The lowest BCUT2D eigenvalue weighted by atomic mass is 10.1. The summed E-state index contributed by atoms with van der Waals surface area (Å²) in [5, 5.41) is 2.90. The SMILES string of the molecule is CN(CC(=O)NC1CC1)c1cc(C(N)=O)ccc1N. The summed E-state index contributed by atoms with van der Waals surface area (Å²) in [6.07, 6.45) is 2.10. The van der Waals surface area contributed by atoms with Gasteiger partial charge in [0.05, 0.1) is 17.9 Å². The zero-order valence-corrected chi connectivity index (χ0v) is 10.8. The number of nitrogens with two attached hydrogens (primary N) is 2. The second-order valence-corrected chi connectivity index (χ2v) is 4.84. The van der Waals surface area contributed by atoms with Gasteiger partial charge in [-0.25, -0.2) is 0 Å². The second kappa shape index (κ2) is 5.17. The molecular formula is C13H18N4O2. The van der Waals surface area contributed by atoms with E-state index in [1.165, 1.54) is 0 Å². The molecule has 2 amide bonds. The number of amides is 2. The zero-order chi connectivity index (χ0) is 14.0. The van der Waals surface area contributed by atoms with E-state index in [1.807, 2.05) is 0 Å². The van der Waals surface area contributed by atoms with Crippen LogP contribution in [0.2, 0.25) is 0 Å². The fourth-order valence-electron chi connectivity index (χ4n) is 1.83. The summed E-state index contributed by atoms with van der Waals surface area (Å²) in [6.45, 7) is 0.197. The Morgan fingerprint density at radius 2 is 2.11 bits per heavy atom. The Labute approximate surface area is 111 Å². The van der Waals surface area contributed by atoms with Gasteiger partial charge < -0.3 is 21.7 Å². The highest BCUT2D eigenvalue weighted by molar-refractivity contribution is 5.95. The Morgan fingerprint density at radius 3 is 2.68 bits per heavy atom. The predicted octanol–water partition coefficient (Wildman–Crippen LogP) is 0.0825. The molecule has 0 unspecified atom stereocenters. The summed E-state index contributed by atoms with van der Waals surface area (Å²) in [5.41, 5.74) is 12.6. The van der Waals surface area contributed by atoms with E-state index in [0.717, 1.165) is 12.8 Å². The molecule has 1 aliphatic carbocycles. The number of rotatable bonds is 5. The Morgan fingerprint density at radius 1 is 1.42 bits per heavy atom. The van der Waals surface area contributed by atoms with Crippen LogP contribution in [0.15, 0.2) is 18.2 Å². The lowest BCUT2D eigenvalue weighted by molar-refractivity contribution is -0.119. The number of nitrogens with zero attached hydrogens (tertiary/aromatic N) is 1. The van der Waals surface area contributed by atoms with Crippen LogP contribution < -0.4 is 21.7 Å². The molecule has 6 heteroatoms. The maximum Gasteiger partial charge on any atom is 0.248 e. The molecule has 0 aromatic heterocycles. The maximum atomic E-state index is 11.7. The minimum Gasteiger partial charge on any atom is -0.397 e. The number of carbonyl (C=O) groups excluding carboxylic acids is 2. The summed E-state index contributed by atoms with van der Waals surface area (Å²) in [4.78, 5) is 24.6. The van der Waals surface area contributed by atoms with E-state index in [-0.39, 0.29) is 12.5 Å². The van der Waals surface area contributed by atoms with Crippen LogP contribution in [0, 0.1) is 0 Å². The van der Waals surface area contributed by atoms with Crippen molar-refractivity contribution in [3.05, 3.63) is 23.8 Å². The molecule has 0 heterocycles. The fraction of sp³-hybridized carbons (Fsp3) is 0.385. The van der Waals surface area contributed by atoms with Crippen LogP contribution in [0.1, 0.15) is 23.2 Å². The number of nitrogen functional groups attached to an aromatic ring is 1. The van der Waals surface area contributed by atoms with E-state index in [4.69, 9.17) is 11.5 Å². The van der Waals surface area contributed by atoms with Crippen LogP contribution in [0.4, 0.5) is 11.4 Å². The molecule has 102 valence electrons. The number of hydrogen-bond acceptors (Lipinski definition) is 4. The minimum atomic E-state index is -0.517. The van der Waals surface area contributed by atoms with Gasteiger partial charge in [-0.1, -0.05) is 0 Å². The Bertz CT molecular complexity index is 511. The molecule has 0 spiro atoms. The molecule has 1 saturated carbocycles. The number of benzene rings is 1. The van der Waals surface area contributed by atoms with E-state index in [2.05, 4.69) is 5.32 Å². The van der Waals surface area contributed by atoms with Crippen molar-refractivity contribution in [2.24, 2.45) is 5.73 Å². The van der Waals surface area contributed by atoms with E-state index in [0.29, 0.717) is 23.0 Å². The first-order valence-corrected chi connectivity index (χ1v) is 6.17. The fourth-order valence-corrected chi connectivity index (χ4v) is 1.83. The molecular weight excluding hydrogens is 244 g/mol. The van der Waals surface area contributed by atoms with Gasteiger partial charge in [-0.05, 0) is 31.0 Å². The summed E-state index contributed by atoms with van der Waals surface area (Å²) < 4.78 is 0. The predicted molar refractivity (Wildman–Crippen MR) is 73.8 cm³/mol. The van der Waals surface area contributed by atoms with Gasteiger partial charge in [0.2, 0.25) is 11.8 Å². The van der Waals surface area contributed by atoms with E-state index >= 15 is 0 Å². The van der Waals surface area contributed by atoms with Crippen molar-refractivity contribution < 1.29 is 9.59 Å². The van der Waals surface area contributed by atoms with E-state index in [9.17, 15) is 9.59 Å². The van der Waals surface area contributed by atoms with Crippen molar-refractivity contribution in [3.63, 3.8) is 0 Å². The summed E-state index contributed by atoms with van der Waals surface area (Å²) in [5.74, 6) is -0.564. The number of carbonyl (C=O) groups is 2. The van der Waals surface area contributed by atoms with Crippen LogP contribution in [0.3, 0.4) is 0 Å². The standard InChI is InChI=1S/C13H18N4O2/c1-17(7-12(18)16-9-3-4-9)11-6-8(13(15)19)2-5-10(11)14/h2,5-6,9H,3-4,7,14H2,1H3,(H2,15,19)(H,16,18). The highest BCUT2D eigenvalue weighted by atomic mass is 16.2. The molecule has 5 N–H and O–H groups in total. The Hall–Kier alpha value is -2.24. The summed E-state index contributed by atoms with van der Waals surface area (Å²) in [7, 11) is 1.75. The number of hydrogen-bond donors (Lipinski definition) is 3. The third kappa shape index (κ3) is 3.37. The van der Waals surface area contributed by atoms with Gasteiger partial charge in [0.25, 0.3) is 0 Å². The lowest BCUT2D eigenvalue weighted by Crippen LogP contribution is -2.36. The summed E-state index contributed by atoms with van der Waals surface area (Å²) in [6, 6.07) is 5.11. The third-order valence-electron chi connectivity index (χ3n) is 3.05. The van der Waals surface area contributed by atoms with Crippen LogP contribution in [0.5, 0.6) is 0 Å². The molecule has 0 radical (unpaired) electrons. The monoisotopic (exact) mass is 262 g/mol. The number of primary amides is 1. The Balaban J connectivity index is 2.08. The quantitative estimate of drug-likeness (QED) is 0.654. The molecule has 6 nitrogen and oxygen atoms in total. The molecule has 1 fully saturated rings. The first-order valence-electron chi connectivity index (χ1n) is 6.17. The molecule has 19 heavy (non-hydrogen) atoms. The molecule has 0 atom stereocenters. The average molecular weight is 262 g/mol. The molecule has 1 aromatic carbocycles. The van der Waals surface area contributed by atoms with Crippen LogP contribution in [-0.2, 0) is 4.79 Å². The maximum absolute atomic E-state index is 11.7. The minimum absolute atomic E-state index is 0.0473. The van der Waals surface area contributed by atoms with Crippen molar-refractivity contribution in [1.29, 1.82) is 0 Å². The topological polar surface area (TPSA) is 101 Å². The van der Waals surface area contributed by atoms with Gasteiger partial charge in [-0.2, -0.15) is 0 Å². The first kappa shape index (κ1) is 13.2. The van der Waals surface area contributed by atoms with Gasteiger partial charge in [0, 0.05) is 18.7 Å². The van der Waals surface area contributed by atoms with Gasteiger partial charge in [-0.15, -0.1) is 0 Å². The normalized spacial score (nSPS) is 13.9. The van der Waals surface area contributed by atoms with E-state index < -0.39 is 5.91 Å². The van der Waals surface area contributed by atoms with E-state index in [1.54, 1.807) is 30.1 Å². The van der Waals surface area contributed by atoms with Crippen molar-refractivity contribution in [2.75, 3.05) is 24.2 Å². The average Bonchev–Trinajstić information content (AvgIpc) is 3.12. The molecule has 1 aliphatic rings. The highest BCUT2D eigenvalue weighted by Gasteiger charge is 2.23. The third-order valence-corrected chi connectivity index (χ3v) is 3.05. The van der Waals surface area contributed by atoms with Crippen molar-refractivity contribution in [3.8, 4) is 0 Å². The van der Waals surface area contributed by atoms with Gasteiger partial charge >= 0.3 is 0 Å². The number of anilines is 2. The number of nitrogens with one attached hydrogen (secondary N) is 1. The van der Waals surface area contributed by atoms with Gasteiger partial charge in [0.1, 0.15) is 0 Å². The summed E-state index contributed by atoms with van der Waals surface area (Å²) >= 11 is 0. The van der Waals surface area contributed by atoms with Crippen molar-refractivity contribution in [1.82, 2.24) is 5.32 Å². The van der Waals surface area contributed by atoms with Crippen LogP contribution in [-0.4, -0.2) is 31.4 Å². The van der Waals surface area contributed by atoms with Gasteiger partial charge in [-0.3, -0.25) is 9.59 Å². The molecule has 2 rings (SSSR count). The smallest absolute Gasteiger partial charge is 0.248 e. The molecule has 0 aliphatic heterocycles. The lowest BCUT2D eigenvalue weighted by Gasteiger charge is -2.21. The Kier molecular flexibility index (Phi) is 3.59. The van der Waals surface area contributed by atoms with Gasteiger partial charge in [0.15, 0.2) is 0 Å². The largest absolute Gasteiger partial charge is 0.397 e. The first-order chi connectivity index (χ1) is 8.97.